The molecule has 0 radical (unpaired) electrons. The molecule has 96 valence electrons. The Labute approximate surface area is 108 Å². The highest BCUT2D eigenvalue weighted by Crippen LogP contribution is 2.19. The molecule has 0 saturated heterocycles. The van der Waals surface area contributed by atoms with E-state index in [2.05, 4.69) is 49.1 Å². The third-order valence-electron chi connectivity index (χ3n) is 3.08. The van der Waals surface area contributed by atoms with Gasteiger partial charge in [0.2, 0.25) is 0 Å². The number of anilines is 2. The fourth-order valence-electron chi connectivity index (χ4n) is 2.11. The van der Waals surface area contributed by atoms with Crippen LogP contribution in [0.4, 0.5) is 11.4 Å². The van der Waals surface area contributed by atoms with Crippen molar-refractivity contribution >= 4 is 11.4 Å². The van der Waals surface area contributed by atoms with Crippen molar-refractivity contribution in [1.82, 2.24) is 9.78 Å². The highest BCUT2D eigenvalue weighted by atomic mass is 15.3. The Morgan fingerprint density at radius 2 is 2.11 bits per heavy atom. The molecule has 0 unspecified atom stereocenters. The number of nitrogen functional groups attached to an aromatic ring is 1. The Kier molecular flexibility index (Phi) is 3.55. The summed E-state index contributed by atoms with van der Waals surface area (Å²) in [6.45, 7) is 6.00. The molecule has 0 saturated carbocycles. The van der Waals surface area contributed by atoms with Crippen molar-refractivity contribution in [2.75, 3.05) is 24.2 Å². The van der Waals surface area contributed by atoms with Gasteiger partial charge in [0.1, 0.15) is 0 Å². The van der Waals surface area contributed by atoms with Gasteiger partial charge in [0.05, 0.1) is 18.4 Å². The first kappa shape index (κ1) is 12.5. The minimum atomic E-state index is 0.712. The second kappa shape index (κ2) is 5.12. The van der Waals surface area contributed by atoms with Crippen molar-refractivity contribution in [1.29, 1.82) is 0 Å². The largest absolute Gasteiger partial charge is 0.396 e. The lowest BCUT2D eigenvalue weighted by Gasteiger charge is -2.21. The van der Waals surface area contributed by atoms with Gasteiger partial charge in [-0.1, -0.05) is 17.7 Å². The van der Waals surface area contributed by atoms with E-state index in [0.717, 1.165) is 13.1 Å². The number of rotatable bonds is 4. The number of nitrogens with zero attached hydrogens (tertiary/aromatic N) is 3. The van der Waals surface area contributed by atoms with Gasteiger partial charge in [0.15, 0.2) is 0 Å². The maximum absolute atomic E-state index is 5.64. The van der Waals surface area contributed by atoms with E-state index in [4.69, 9.17) is 5.73 Å². The predicted octanol–water partition coefficient (Wildman–Crippen LogP) is 2.22. The molecule has 4 nitrogen and oxygen atoms in total. The molecule has 18 heavy (non-hydrogen) atoms. The molecule has 2 N–H and O–H groups in total. The Bertz CT molecular complexity index is 530. The van der Waals surface area contributed by atoms with Gasteiger partial charge in [-0.2, -0.15) is 5.10 Å². The Morgan fingerprint density at radius 1 is 1.33 bits per heavy atom. The van der Waals surface area contributed by atoms with Crippen LogP contribution in [0.5, 0.6) is 0 Å². The Morgan fingerprint density at radius 3 is 2.72 bits per heavy atom. The van der Waals surface area contributed by atoms with E-state index in [1.54, 1.807) is 6.20 Å². The van der Waals surface area contributed by atoms with Gasteiger partial charge in [-0.05, 0) is 25.5 Å². The zero-order chi connectivity index (χ0) is 13.1. The van der Waals surface area contributed by atoms with Gasteiger partial charge in [0, 0.05) is 25.5 Å². The molecule has 0 aliphatic carbocycles. The summed E-state index contributed by atoms with van der Waals surface area (Å²) in [5.41, 5.74) is 10.2. The molecule has 0 spiro atoms. The Hall–Kier alpha value is -1.97. The summed E-state index contributed by atoms with van der Waals surface area (Å²) in [6, 6.07) is 6.52. The standard InChI is InChI=1S/C14H20N4/c1-11-4-5-14(12(2)8-11)17(3)6-7-18-10-13(15)9-16-18/h4-5,8-10H,6-7,15H2,1-3H3. The lowest BCUT2D eigenvalue weighted by molar-refractivity contribution is 0.611. The number of benzene rings is 1. The van der Waals surface area contributed by atoms with Crippen LogP contribution >= 0.6 is 0 Å². The molecule has 1 heterocycles. The highest BCUT2D eigenvalue weighted by Gasteiger charge is 2.05. The fourth-order valence-corrected chi connectivity index (χ4v) is 2.11. The molecular weight excluding hydrogens is 224 g/mol. The monoisotopic (exact) mass is 244 g/mol. The highest BCUT2D eigenvalue weighted by molar-refractivity contribution is 5.53. The number of likely N-dealkylation sites (N-methyl/N-ethyl adjacent to an activating group) is 1. The van der Waals surface area contributed by atoms with Gasteiger partial charge in [0.25, 0.3) is 0 Å². The van der Waals surface area contributed by atoms with Crippen LogP contribution in [0.1, 0.15) is 11.1 Å². The predicted molar refractivity (Wildman–Crippen MR) is 75.8 cm³/mol. The maximum Gasteiger partial charge on any atom is 0.0719 e. The molecule has 4 heteroatoms. The van der Waals surface area contributed by atoms with E-state index in [9.17, 15) is 0 Å². The lowest BCUT2D eigenvalue weighted by Crippen LogP contribution is -2.23. The second-order valence-electron chi connectivity index (χ2n) is 4.75. The summed E-state index contributed by atoms with van der Waals surface area (Å²) < 4.78 is 1.87. The zero-order valence-electron chi connectivity index (χ0n) is 11.2. The summed E-state index contributed by atoms with van der Waals surface area (Å²) in [6.07, 6.45) is 3.53. The van der Waals surface area contributed by atoms with Crippen LogP contribution in [0.25, 0.3) is 0 Å². The van der Waals surface area contributed by atoms with Crippen LogP contribution in [0.15, 0.2) is 30.6 Å². The summed E-state index contributed by atoms with van der Waals surface area (Å²) in [4.78, 5) is 2.24. The normalized spacial score (nSPS) is 10.6. The van der Waals surface area contributed by atoms with Crippen molar-refractivity contribution in [3.63, 3.8) is 0 Å². The van der Waals surface area contributed by atoms with E-state index >= 15 is 0 Å². The summed E-state index contributed by atoms with van der Waals surface area (Å²) in [5.74, 6) is 0. The molecule has 2 aromatic rings. The van der Waals surface area contributed by atoms with Crippen LogP contribution in [0.2, 0.25) is 0 Å². The van der Waals surface area contributed by atoms with Crippen molar-refractivity contribution in [2.24, 2.45) is 0 Å². The first-order valence-corrected chi connectivity index (χ1v) is 6.12. The van der Waals surface area contributed by atoms with Crippen LogP contribution in [-0.2, 0) is 6.54 Å². The van der Waals surface area contributed by atoms with Crippen LogP contribution < -0.4 is 10.6 Å². The second-order valence-corrected chi connectivity index (χ2v) is 4.75. The molecule has 0 atom stereocenters. The van der Waals surface area contributed by atoms with Crippen LogP contribution in [-0.4, -0.2) is 23.4 Å². The molecule has 2 rings (SSSR count). The van der Waals surface area contributed by atoms with Crippen LogP contribution in [0, 0.1) is 13.8 Å². The number of hydrogen-bond acceptors (Lipinski definition) is 3. The van der Waals surface area contributed by atoms with E-state index in [0.29, 0.717) is 5.69 Å². The average Bonchev–Trinajstić information content (AvgIpc) is 2.72. The topological polar surface area (TPSA) is 47.1 Å². The van der Waals surface area contributed by atoms with Gasteiger partial charge < -0.3 is 10.6 Å². The molecule has 0 aliphatic rings. The minimum Gasteiger partial charge on any atom is -0.396 e. The van der Waals surface area contributed by atoms with Crippen molar-refractivity contribution in [3.05, 3.63) is 41.7 Å². The van der Waals surface area contributed by atoms with Gasteiger partial charge >= 0.3 is 0 Å². The number of aromatic nitrogens is 2. The summed E-state index contributed by atoms with van der Waals surface area (Å²) in [7, 11) is 2.10. The molecule has 1 aromatic heterocycles. The van der Waals surface area contributed by atoms with Crippen LogP contribution in [0.3, 0.4) is 0 Å². The van der Waals surface area contributed by atoms with E-state index in [-0.39, 0.29) is 0 Å². The lowest BCUT2D eigenvalue weighted by atomic mass is 10.1. The first-order chi connectivity index (χ1) is 8.56. The molecule has 0 aliphatic heterocycles. The van der Waals surface area contributed by atoms with Crippen molar-refractivity contribution in [3.8, 4) is 0 Å². The Balaban J connectivity index is 2.01. The average molecular weight is 244 g/mol. The third kappa shape index (κ3) is 2.83. The van der Waals surface area contributed by atoms with Gasteiger partial charge in [-0.3, -0.25) is 4.68 Å². The molecule has 0 bridgehead atoms. The molecule has 1 aromatic carbocycles. The molecule has 0 amide bonds. The quantitative estimate of drug-likeness (QED) is 0.897. The van der Waals surface area contributed by atoms with Gasteiger partial charge in [-0.15, -0.1) is 0 Å². The minimum absolute atomic E-state index is 0.712. The zero-order valence-corrected chi connectivity index (χ0v) is 11.2. The van der Waals surface area contributed by atoms with E-state index in [1.165, 1.54) is 16.8 Å². The molecular formula is C14H20N4. The summed E-state index contributed by atoms with van der Waals surface area (Å²) in [5, 5.41) is 4.18. The van der Waals surface area contributed by atoms with Crippen molar-refractivity contribution < 1.29 is 0 Å². The molecule has 0 fully saturated rings. The fraction of sp³-hybridized carbons (Fsp3) is 0.357. The smallest absolute Gasteiger partial charge is 0.0719 e. The van der Waals surface area contributed by atoms with Gasteiger partial charge in [-0.25, -0.2) is 0 Å². The third-order valence-corrected chi connectivity index (χ3v) is 3.08. The number of aryl methyl sites for hydroxylation is 2. The summed E-state index contributed by atoms with van der Waals surface area (Å²) >= 11 is 0. The van der Waals surface area contributed by atoms with Crippen molar-refractivity contribution in [2.45, 2.75) is 20.4 Å². The number of nitrogens with two attached hydrogens (primary N) is 1. The maximum atomic E-state index is 5.64. The first-order valence-electron chi connectivity index (χ1n) is 6.12. The van der Waals surface area contributed by atoms with E-state index in [1.807, 2.05) is 10.9 Å². The number of hydrogen-bond donors (Lipinski definition) is 1. The van der Waals surface area contributed by atoms with E-state index < -0.39 is 0 Å². The SMILES string of the molecule is Cc1ccc(N(C)CCn2cc(N)cn2)c(C)c1.